The molecule has 2 N–H and O–H groups in total. The molecule has 3 rings (SSSR count). The Labute approximate surface area is 181 Å². The number of benzene rings is 2. The molecule has 1 heterocycles. The van der Waals surface area contributed by atoms with Crippen LogP contribution in [-0.2, 0) is 30.9 Å². The largest absolute Gasteiger partial charge is 0.496 e. The number of amides is 2. The number of carbonyl (C=O) groups is 2. The van der Waals surface area contributed by atoms with E-state index in [4.69, 9.17) is 9.47 Å². The quantitative estimate of drug-likeness (QED) is 0.609. The van der Waals surface area contributed by atoms with Crippen LogP contribution in [0.15, 0.2) is 59.5 Å². The van der Waals surface area contributed by atoms with Crippen molar-refractivity contribution in [2.75, 3.05) is 26.8 Å². The summed E-state index contributed by atoms with van der Waals surface area (Å²) in [5.74, 6) is -1.11. The first-order valence-corrected chi connectivity index (χ1v) is 11.2. The van der Waals surface area contributed by atoms with Gasteiger partial charge in [-0.05, 0) is 24.6 Å². The minimum absolute atomic E-state index is 0.116. The number of ether oxygens (including phenoxy) is 2. The first kappa shape index (κ1) is 22.7. The van der Waals surface area contributed by atoms with Crippen LogP contribution < -0.4 is 15.4 Å². The third-order valence-electron chi connectivity index (χ3n) is 4.78. The van der Waals surface area contributed by atoms with E-state index >= 15 is 0 Å². The van der Waals surface area contributed by atoms with E-state index in [2.05, 4.69) is 10.6 Å². The molecule has 0 saturated carbocycles. The molecule has 9 nitrogen and oxygen atoms in total. The lowest BCUT2D eigenvalue weighted by Crippen LogP contribution is -2.53. The first-order chi connectivity index (χ1) is 14.9. The van der Waals surface area contributed by atoms with Crippen LogP contribution in [0.25, 0.3) is 0 Å². The number of para-hydroxylation sites is 1. The van der Waals surface area contributed by atoms with Crippen molar-refractivity contribution in [3.05, 3.63) is 60.2 Å². The molecule has 1 aliphatic heterocycles. The van der Waals surface area contributed by atoms with Gasteiger partial charge in [-0.15, -0.1) is 0 Å². The fraction of sp³-hybridized carbons (Fsp3) is 0.333. The minimum atomic E-state index is -3.79. The smallest absolute Gasteiger partial charge is 0.309 e. The monoisotopic (exact) mass is 447 g/mol. The molecule has 1 atom stereocenters. The molecule has 0 aliphatic carbocycles. The van der Waals surface area contributed by atoms with E-state index in [1.54, 1.807) is 42.5 Å². The molecule has 10 heteroatoms. The lowest BCUT2D eigenvalue weighted by atomic mass is 10.2. The van der Waals surface area contributed by atoms with E-state index in [1.165, 1.54) is 23.5 Å². The highest BCUT2D eigenvalue weighted by molar-refractivity contribution is 7.89. The van der Waals surface area contributed by atoms with Gasteiger partial charge in [0, 0.05) is 18.7 Å². The number of sulfonamides is 1. The van der Waals surface area contributed by atoms with E-state index in [9.17, 15) is 18.0 Å². The van der Waals surface area contributed by atoms with Crippen molar-refractivity contribution in [2.24, 2.45) is 0 Å². The van der Waals surface area contributed by atoms with Crippen molar-refractivity contribution in [1.29, 1.82) is 0 Å². The van der Waals surface area contributed by atoms with Gasteiger partial charge in [0.05, 0.1) is 25.2 Å². The maximum Gasteiger partial charge on any atom is 0.309 e. The summed E-state index contributed by atoms with van der Waals surface area (Å²) in [5.41, 5.74) is 0.724. The Hall–Kier alpha value is -2.95. The van der Waals surface area contributed by atoms with E-state index in [1.807, 2.05) is 0 Å². The SMILES string of the molecule is COc1ccccc1CNC(=O)C(=O)NCC1OCCCN1S(=O)(=O)c1ccccc1. The molecular weight excluding hydrogens is 422 g/mol. The Morgan fingerprint density at radius 1 is 1.06 bits per heavy atom. The summed E-state index contributed by atoms with van der Waals surface area (Å²) >= 11 is 0. The summed E-state index contributed by atoms with van der Waals surface area (Å²) in [4.78, 5) is 24.5. The topological polar surface area (TPSA) is 114 Å². The zero-order valence-corrected chi connectivity index (χ0v) is 17.9. The first-order valence-electron chi connectivity index (χ1n) is 9.80. The van der Waals surface area contributed by atoms with Gasteiger partial charge in [0.15, 0.2) is 0 Å². The zero-order valence-electron chi connectivity index (χ0n) is 17.1. The van der Waals surface area contributed by atoms with Crippen LogP contribution in [0.3, 0.4) is 0 Å². The summed E-state index contributed by atoms with van der Waals surface area (Å²) in [6, 6.07) is 15.1. The minimum Gasteiger partial charge on any atom is -0.496 e. The maximum atomic E-state index is 12.9. The Bertz CT molecular complexity index is 1010. The second kappa shape index (κ2) is 10.4. The molecule has 166 valence electrons. The van der Waals surface area contributed by atoms with Gasteiger partial charge in [-0.2, -0.15) is 4.31 Å². The van der Waals surface area contributed by atoms with Crippen LogP contribution in [0.4, 0.5) is 0 Å². The molecule has 0 aromatic heterocycles. The van der Waals surface area contributed by atoms with Crippen molar-refractivity contribution in [3.63, 3.8) is 0 Å². The predicted molar refractivity (Wildman–Crippen MR) is 113 cm³/mol. The lowest BCUT2D eigenvalue weighted by molar-refractivity contribution is -0.140. The van der Waals surface area contributed by atoms with Gasteiger partial charge in [0.25, 0.3) is 0 Å². The summed E-state index contributed by atoms with van der Waals surface area (Å²) in [6.07, 6.45) is -0.361. The van der Waals surface area contributed by atoms with Crippen LogP contribution in [0.1, 0.15) is 12.0 Å². The predicted octanol–water partition coefficient (Wildman–Crippen LogP) is 0.865. The molecule has 1 fully saturated rings. The molecule has 2 amide bonds. The third kappa shape index (κ3) is 5.60. The van der Waals surface area contributed by atoms with Crippen molar-refractivity contribution >= 4 is 21.8 Å². The lowest BCUT2D eigenvalue weighted by Gasteiger charge is -2.34. The Kier molecular flexibility index (Phi) is 7.61. The number of carbonyl (C=O) groups excluding carboxylic acids is 2. The number of methoxy groups -OCH3 is 1. The van der Waals surface area contributed by atoms with Crippen LogP contribution in [0, 0.1) is 0 Å². The fourth-order valence-electron chi connectivity index (χ4n) is 3.20. The summed E-state index contributed by atoms with van der Waals surface area (Å²) in [7, 11) is -2.27. The second-order valence-electron chi connectivity index (χ2n) is 6.81. The molecular formula is C21H25N3O6S. The Morgan fingerprint density at radius 3 is 2.48 bits per heavy atom. The molecule has 31 heavy (non-hydrogen) atoms. The molecule has 0 spiro atoms. The van der Waals surface area contributed by atoms with E-state index in [-0.39, 0.29) is 24.5 Å². The number of hydrogen-bond acceptors (Lipinski definition) is 6. The van der Waals surface area contributed by atoms with Crippen molar-refractivity contribution in [2.45, 2.75) is 24.1 Å². The van der Waals surface area contributed by atoms with E-state index in [0.717, 1.165) is 5.56 Å². The molecule has 1 saturated heterocycles. The van der Waals surface area contributed by atoms with Crippen LogP contribution >= 0.6 is 0 Å². The average Bonchev–Trinajstić information content (AvgIpc) is 2.81. The Balaban J connectivity index is 1.58. The van der Waals surface area contributed by atoms with Crippen molar-refractivity contribution in [3.8, 4) is 5.75 Å². The summed E-state index contributed by atoms with van der Waals surface area (Å²) in [6.45, 7) is 0.594. The summed E-state index contributed by atoms with van der Waals surface area (Å²) < 4.78 is 37.9. The maximum absolute atomic E-state index is 12.9. The normalized spacial score (nSPS) is 17.0. The van der Waals surface area contributed by atoms with Gasteiger partial charge in [0.2, 0.25) is 10.0 Å². The zero-order chi connectivity index (χ0) is 22.3. The van der Waals surface area contributed by atoms with Gasteiger partial charge in [-0.3, -0.25) is 9.59 Å². The molecule has 0 radical (unpaired) electrons. The van der Waals surface area contributed by atoms with Crippen LogP contribution in [0.2, 0.25) is 0 Å². The standard InChI is InChI=1S/C21H25N3O6S/c1-29-18-11-6-5-8-16(18)14-22-20(25)21(26)23-15-19-24(12-7-13-30-19)31(27,28)17-9-3-2-4-10-17/h2-6,8-11,19H,7,12-15H2,1H3,(H,22,25)(H,23,26). The van der Waals surface area contributed by atoms with Crippen LogP contribution in [-0.4, -0.2) is 57.6 Å². The Morgan fingerprint density at radius 2 is 1.74 bits per heavy atom. The highest BCUT2D eigenvalue weighted by Gasteiger charge is 2.34. The fourth-order valence-corrected chi connectivity index (χ4v) is 4.78. The molecule has 1 aliphatic rings. The molecule has 2 aromatic rings. The van der Waals surface area contributed by atoms with Crippen molar-refractivity contribution in [1.82, 2.24) is 14.9 Å². The van der Waals surface area contributed by atoms with Gasteiger partial charge < -0.3 is 20.1 Å². The van der Waals surface area contributed by atoms with E-state index in [0.29, 0.717) is 18.8 Å². The molecule has 0 bridgehead atoms. The number of nitrogens with one attached hydrogen (secondary N) is 2. The van der Waals surface area contributed by atoms with Gasteiger partial charge in [-0.25, -0.2) is 8.42 Å². The number of nitrogens with zero attached hydrogens (tertiary/aromatic N) is 1. The number of hydrogen-bond donors (Lipinski definition) is 2. The summed E-state index contributed by atoms with van der Waals surface area (Å²) in [5, 5.41) is 4.98. The van der Waals surface area contributed by atoms with Gasteiger partial charge >= 0.3 is 11.8 Å². The van der Waals surface area contributed by atoms with E-state index < -0.39 is 28.1 Å². The van der Waals surface area contributed by atoms with Crippen molar-refractivity contribution < 1.29 is 27.5 Å². The highest BCUT2D eigenvalue weighted by Crippen LogP contribution is 2.21. The number of rotatable bonds is 7. The third-order valence-corrected chi connectivity index (χ3v) is 6.68. The van der Waals surface area contributed by atoms with Crippen LogP contribution in [0.5, 0.6) is 5.75 Å². The van der Waals surface area contributed by atoms with Gasteiger partial charge in [-0.1, -0.05) is 36.4 Å². The molecule has 1 unspecified atom stereocenters. The highest BCUT2D eigenvalue weighted by atomic mass is 32.2. The van der Waals surface area contributed by atoms with Gasteiger partial charge in [0.1, 0.15) is 12.0 Å². The second-order valence-corrected chi connectivity index (χ2v) is 8.70. The average molecular weight is 448 g/mol. The molecule has 2 aromatic carbocycles.